The first-order chi connectivity index (χ1) is 15.2. The number of phenolic OH excluding ortho intramolecular Hbond substituents is 1. The number of phosphoric ester groups is 1. The molecule has 0 saturated carbocycles. The number of fused-ring (bicyclic) bond motifs is 1. The van der Waals surface area contributed by atoms with Crippen LogP contribution in [0.5, 0.6) is 5.75 Å². The molecule has 1 saturated heterocycles. The summed E-state index contributed by atoms with van der Waals surface area (Å²) in [6.07, 6.45) is -2.58. The van der Waals surface area contributed by atoms with Gasteiger partial charge < -0.3 is 35.2 Å². The molecule has 0 unspecified atom stereocenters. The van der Waals surface area contributed by atoms with E-state index in [-0.39, 0.29) is 17.9 Å². The van der Waals surface area contributed by atoms with E-state index in [4.69, 9.17) is 14.5 Å². The first-order valence-electron chi connectivity index (χ1n) is 9.25. The number of aliphatic hydroxyl groups excluding tert-OH is 2. The molecule has 3 heterocycles. The number of hydrogen-bond acceptors (Lipinski definition) is 10. The van der Waals surface area contributed by atoms with Crippen LogP contribution in [0.15, 0.2) is 35.3 Å². The van der Waals surface area contributed by atoms with Crippen LogP contribution in [0.25, 0.3) is 11.2 Å². The topological polar surface area (TPSA) is 192 Å². The molecule has 6 N–H and O–H groups in total. The summed E-state index contributed by atoms with van der Waals surface area (Å²) in [4.78, 5) is 30.3. The maximum absolute atomic E-state index is 10.9. The molecule has 1 aromatic carbocycles. The molecule has 0 aliphatic carbocycles. The smallest absolute Gasteiger partial charge is 0.469 e. The van der Waals surface area contributed by atoms with Gasteiger partial charge in [-0.3, -0.25) is 9.09 Å². The Morgan fingerprint density at radius 1 is 1.22 bits per heavy atom. The molecule has 4 atom stereocenters. The van der Waals surface area contributed by atoms with E-state index < -0.39 is 39.0 Å². The molecule has 0 bridgehead atoms. The second kappa shape index (κ2) is 9.00. The van der Waals surface area contributed by atoms with Crippen molar-refractivity contribution < 1.29 is 38.9 Å². The third-order valence-corrected chi connectivity index (χ3v) is 6.13. The molecule has 13 nitrogen and oxygen atoms in total. The zero-order chi connectivity index (χ0) is 23.0. The fourth-order valence-corrected chi connectivity index (χ4v) is 4.17. The molecule has 2 aromatic heterocycles. The van der Waals surface area contributed by atoms with Crippen molar-refractivity contribution in [1.29, 1.82) is 0 Å². The Hall–Kier alpha value is -2.16. The number of imidazole rings is 1. The number of benzene rings is 1. The Morgan fingerprint density at radius 3 is 2.72 bits per heavy atom. The molecule has 0 amide bonds. The van der Waals surface area contributed by atoms with Crippen LogP contribution in [0.4, 0.5) is 5.82 Å². The third kappa shape index (κ3) is 4.63. The Labute approximate surface area is 189 Å². The van der Waals surface area contributed by atoms with Crippen molar-refractivity contribution in [3.05, 3.63) is 40.9 Å². The van der Waals surface area contributed by atoms with Crippen molar-refractivity contribution >= 4 is 40.7 Å². The van der Waals surface area contributed by atoms with Gasteiger partial charge in [0.2, 0.25) is 0 Å². The highest BCUT2D eigenvalue weighted by molar-refractivity contribution is 9.10. The number of aromatic nitrogens is 4. The maximum atomic E-state index is 10.9. The van der Waals surface area contributed by atoms with E-state index in [0.717, 1.165) is 0 Å². The van der Waals surface area contributed by atoms with E-state index in [1.54, 1.807) is 18.2 Å². The van der Waals surface area contributed by atoms with Gasteiger partial charge in [-0.1, -0.05) is 22.0 Å². The molecule has 32 heavy (non-hydrogen) atoms. The second-order valence-corrected chi connectivity index (χ2v) is 9.06. The minimum absolute atomic E-state index is 0.0998. The van der Waals surface area contributed by atoms with Gasteiger partial charge in [-0.25, -0.2) is 19.5 Å². The summed E-state index contributed by atoms with van der Waals surface area (Å²) in [6, 6.07) is 5.05. The molecule has 4 rings (SSSR count). The zero-order valence-electron chi connectivity index (χ0n) is 16.2. The highest BCUT2D eigenvalue weighted by Crippen LogP contribution is 2.39. The van der Waals surface area contributed by atoms with E-state index in [0.29, 0.717) is 21.4 Å². The predicted molar refractivity (Wildman–Crippen MR) is 112 cm³/mol. The van der Waals surface area contributed by atoms with Gasteiger partial charge >= 0.3 is 7.82 Å². The number of ether oxygens (including phenoxy) is 1. The molecule has 1 aliphatic rings. The summed E-state index contributed by atoms with van der Waals surface area (Å²) >= 11 is 3.38. The lowest BCUT2D eigenvalue weighted by Crippen LogP contribution is -2.33. The van der Waals surface area contributed by atoms with E-state index in [1.807, 2.05) is 0 Å². The summed E-state index contributed by atoms with van der Waals surface area (Å²) in [5.74, 6) is 0.459. The number of aromatic hydroxyl groups is 1. The van der Waals surface area contributed by atoms with Crippen LogP contribution in [0.2, 0.25) is 0 Å². The summed E-state index contributed by atoms with van der Waals surface area (Å²) in [6.45, 7) is -0.391. The minimum atomic E-state index is -4.77. The molecule has 15 heteroatoms. The Balaban J connectivity index is 1.56. The number of hydrogen-bond donors (Lipinski definition) is 6. The molecule has 172 valence electrons. The average Bonchev–Trinajstić information content (AvgIpc) is 3.27. The first kappa shape index (κ1) is 23.0. The van der Waals surface area contributed by atoms with E-state index in [9.17, 15) is 19.9 Å². The largest absolute Gasteiger partial charge is 0.508 e. The van der Waals surface area contributed by atoms with Crippen LogP contribution in [0.3, 0.4) is 0 Å². The first-order valence-corrected chi connectivity index (χ1v) is 11.6. The summed E-state index contributed by atoms with van der Waals surface area (Å²) < 4.78 is 23.0. The fourth-order valence-electron chi connectivity index (χ4n) is 3.33. The molecular formula is C17H19BrN5O8P. The maximum Gasteiger partial charge on any atom is 0.469 e. The SMILES string of the molecule is O=P(O)(O)OC[C@H]1O[C@@H](n2cnc3c(NCc4c(O)cccc4Br)ncnc32)[C@H](O)[C@@H]1O. The van der Waals surface area contributed by atoms with Gasteiger partial charge in [-0.15, -0.1) is 0 Å². The van der Waals surface area contributed by atoms with Crippen molar-refractivity contribution in [2.24, 2.45) is 0 Å². The highest BCUT2D eigenvalue weighted by atomic mass is 79.9. The number of phenols is 1. The summed E-state index contributed by atoms with van der Waals surface area (Å²) in [5.41, 5.74) is 1.25. The van der Waals surface area contributed by atoms with Gasteiger partial charge in [-0.2, -0.15) is 0 Å². The van der Waals surface area contributed by atoms with Gasteiger partial charge in [0.25, 0.3) is 0 Å². The molecule has 1 fully saturated rings. The number of rotatable bonds is 7. The van der Waals surface area contributed by atoms with Gasteiger partial charge in [0.1, 0.15) is 30.4 Å². The average molecular weight is 532 g/mol. The van der Waals surface area contributed by atoms with Crippen molar-refractivity contribution in [3.63, 3.8) is 0 Å². The zero-order valence-corrected chi connectivity index (χ0v) is 18.7. The van der Waals surface area contributed by atoms with Gasteiger partial charge in [-0.05, 0) is 12.1 Å². The lowest BCUT2D eigenvalue weighted by atomic mass is 10.1. The highest BCUT2D eigenvalue weighted by Gasteiger charge is 2.45. The number of anilines is 1. The van der Waals surface area contributed by atoms with Crippen LogP contribution in [-0.4, -0.2) is 69.5 Å². The fraction of sp³-hybridized carbons (Fsp3) is 0.353. The van der Waals surface area contributed by atoms with Crippen LogP contribution in [0.1, 0.15) is 11.8 Å². The Kier molecular flexibility index (Phi) is 6.47. The van der Waals surface area contributed by atoms with Gasteiger partial charge in [0.15, 0.2) is 23.2 Å². The van der Waals surface area contributed by atoms with Crippen molar-refractivity contribution in [2.45, 2.75) is 31.1 Å². The summed E-state index contributed by atoms with van der Waals surface area (Å²) in [7, 11) is -4.77. The van der Waals surface area contributed by atoms with Crippen LogP contribution in [0, 0.1) is 0 Å². The van der Waals surface area contributed by atoms with Crippen LogP contribution >= 0.6 is 23.8 Å². The molecule has 0 radical (unpaired) electrons. The number of halogens is 1. The number of aliphatic hydroxyl groups is 2. The Bertz CT molecular complexity index is 1150. The van der Waals surface area contributed by atoms with Gasteiger partial charge in [0.05, 0.1) is 12.9 Å². The standard InChI is InChI=1S/C17H19BrN5O8P/c18-9-2-1-3-10(24)8(9)4-19-15-12-16(21-6-20-15)23(7-22-12)17-14(26)13(25)11(31-17)5-30-32(27,28)29/h1-3,6-7,11,13-14,17,24-26H,4-5H2,(H,19,20,21)(H2,27,28,29)/t11-,13-,14-,17-/m1/s1. The molecule has 3 aromatic rings. The van der Waals surface area contributed by atoms with Crippen molar-refractivity contribution in [2.75, 3.05) is 11.9 Å². The quantitative estimate of drug-likeness (QED) is 0.233. The molecule has 0 spiro atoms. The summed E-state index contributed by atoms with van der Waals surface area (Å²) in [5, 5.41) is 33.7. The lowest BCUT2D eigenvalue weighted by molar-refractivity contribution is -0.0504. The Morgan fingerprint density at radius 2 is 2.00 bits per heavy atom. The van der Waals surface area contributed by atoms with Crippen LogP contribution in [-0.2, 0) is 20.4 Å². The number of nitrogens with one attached hydrogen (secondary N) is 1. The minimum Gasteiger partial charge on any atom is -0.508 e. The van der Waals surface area contributed by atoms with Crippen molar-refractivity contribution in [3.8, 4) is 5.75 Å². The van der Waals surface area contributed by atoms with E-state index in [1.165, 1.54) is 17.2 Å². The second-order valence-electron chi connectivity index (χ2n) is 6.97. The molecular weight excluding hydrogens is 513 g/mol. The molecule has 1 aliphatic heterocycles. The van der Waals surface area contributed by atoms with Crippen LogP contribution < -0.4 is 5.32 Å². The third-order valence-electron chi connectivity index (χ3n) is 4.90. The number of nitrogens with zero attached hydrogens (tertiary/aromatic N) is 4. The normalized spacial score (nSPS) is 23.7. The lowest BCUT2D eigenvalue weighted by Gasteiger charge is -2.16. The monoisotopic (exact) mass is 531 g/mol. The van der Waals surface area contributed by atoms with E-state index in [2.05, 4.69) is 40.7 Å². The van der Waals surface area contributed by atoms with Crippen molar-refractivity contribution in [1.82, 2.24) is 19.5 Å². The van der Waals surface area contributed by atoms with Gasteiger partial charge in [0, 0.05) is 16.6 Å². The van der Waals surface area contributed by atoms with E-state index >= 15 is 0 Å². The number of phosphoric acid groups is 1. The predicted octanol–water partition coefficient (Wildman–Crippen LogP) is 0.635.